The van der Waals surface area contributed by atoms with E-state index in [2.05, 4.69) is 12.1 Å². The molecule has 20 heavy (non-hydrogen) atoms. The van der Waals surface area contributed by atoms with Crippen molar-refractivity contribution >= 4 is 0 Å². The van der Waals surface area contributed by atoms with Crippen molar-refractivity contribution in [2.75, 3.05) is 20.8 Å². The predicted octanol–water partition coefficient (Wildman–Crippen LogP) is 3.77. The first-order valence-electron chi connectivity index (χ1n) is 7.65. The van der Waals surface area contributed by atoms with Crippen molar-refractivity contribution in [3.8, 4) is 11.5 Å². The van der Waals surface area contributed by atoms with Crippen molar-refractivity contribution < 1.29 is 14.2 Å². The van der Waals surface area contributed by atoms with Gasteiger partial charge in [-0.2, -0.15) is 0 Å². The van der Waals surface area contributed by atoms with Crippen LogP contribution in [-0.4, -0.2) is 26.9 Å². The van der Waals surface area contributed by atoms with E-state index >= 15 is 0 Å². The van der Waals surface area contributed by atoms with E-state index in [-0.39, 0.29) is 0 Å². The molecule has 3 heteroatoms. The molecule has 0 radical (unpaired) electrons. The van der Waals surface area contributed by atoms with Crippen molar-refractivity contribution in [2.45, 2.75) is 44.1 Å². The highest BCUT2D eigenvalue weighted by atomic mass is 16.5. The molecule has 3 rings (SSSR count). The highest BCUT2D eigenvalue weighted by Crippen LogP contribution is 2.49. The Morgan fingerprint density at radius 1 is 1.10 bits per heavy atom. The van der Waals surface area contributed by atoms with E-state index in [1.54, 1.807) is 14.2 Å². The minimum atomic E-state index is 0.369. The largest absolute Gasteiger partial charge is 0.493 e. The second kappa shape index (κ2) is 6.04. The lowest BCUT2D eigenvalue weighted by Gasteiger charge is -2.17. The summed E-state index contributed by atoms with van der Waals surface area (Å²) in [6.07, 6.45) is 6.50. The van der Waals surface area contributed by atoms with Crippen LogP contribution in [0.25, 0.3) is 0 Å². The van der Waals surface area contributed by atoms with Crippen LogP contribution < -0.4 is 9.47 Å². The third kappa shape index (κ3) is 2.93. The first kappa shape index (κ1) is 13.7. The molecule has 0 amide bonds. The summed E-state index contributed by atoms with van der Waals surface area (Å²) in [5.74, 6) is 3.07. The van der Waals surface area contributed by atoms with Gasteiger partial charge in [0, 0.05) is 13.7 Å². The summed E-state index contributed by atoms with van der Waals surface area (Å²) in [5.41, 5.74) is 1.36. The lowest BCUT2D eigenvalue weighted by Crippen LogP contribution is -2.11. The molecule has 2 fully saturated rings. The summed E-state index contributed by atoms with van der Waals surface area (Å²) in [6.45, 7) is 0.857. The van der Waals surface area contributed by atoms with E-state index in [1.165, 1.54) is 37.7 Å². The molecule has 2 aliphatic rings. The number of benzene rings is 1. The van der Waals surface area contributed by atoms with E-state index in [9.17, 15) is 0 Å². The third-order valence-electron chi connectivity index (χ3n) is 4.52. The lowest BCUT2D eigenvalue weighted by molar-refractivity contribution is 0.184. The van der Waals surface area contributed by atoms with Gasteiger partial charge in [0.15, 0.2) is 11.5 Å². The summed E-state index contributed by atoms with van der Waals surface area (Å²) >= 11 is 0. The molecule has 2 saturated carbocycles. The van der Waals surface area contributed by atoms with Gasteiger partial charge in [-0.25, -0.2) is 0 Å². The molecule has 0 aromatic heterocycles. The Bertz CT molecular complexity index is 452. The van der Waals surface area contributed by atoms with Gasteiger partial charge in [0.25, 0.3) is 0 Å². The monoisotopic (exact) mass is 276 g/mol. The Labute approximate surface area is 121 Å². The lowest BCUT2D eigenvalue weighted by atomic mass is 10.1. The van der Waals surface area contributed by atoms with Crippen LogP contribution in [0.1, 0.15) is 43.6 Å². The molecule has 3 nitrogen and oxygen atoms in total. The van der Waals surface area contributed by atoms with Crippen molar-refractivity contribution in [3.05, 3.63) is 23.8 Å². The zero-order chi connectivity index (χ0) is 13.9. The predicted molar refractivity (Wildman–Crippen MR) is 78.6 cm³/mol. The van der Waals surface area contributed by atoms with Crippen molar-refractivity contribution in [2.24, 2.45) is 5.92 Å². The molecule has 0 bridgehead atoms. The Morgan fingerprint density at radius 2 is 1.90 bits per heavy atom. The molecule has 1 aromatic carbocycles. The fourth-order valence-electron chi connectivity index (χ4n) is 3.26. The van der Waals surface area contributed by atoms with Crippen molar-refractivity contribution in [1.29, 1.82) is 0 Å². The number of methoxy groups -OCH3 is 2. The second-order valence-electron chi connectivity index (χ2n) is 5.99. The van der Waals surface area contributed by atoms with Crippen LogP contribution in [0.5, 0.6) is 11.5 Å². The van der Waals surface area contributed by atoms with Gasteiger partial charge in [-0.1, -0.05) is 6.07 Å². The molecule has 1 aromatic rings. The first-order chi connectivity index (χ1) is 9.81. The fraction of sp³-hybridized carbons (Fsp3) is 0.647. The minimum Gasteiger partial charge on any atom is -0.493 e. The quantitative estimate of drug-likeness (QED) is 0.791. The second-order valence-corrected chi connectivity index (χ2v) is 5.99. The van der Waals surface area contributed by atoms with E-state index < -0.39 is 0 Å². The minimum absolute atomic E-state index is 0.369. The molecule has 0 aliphatic heterocycles. The number of hydrogen-bond donors (Lipinski definition) is 0. The maximum atomic E-state index is 6.15. The molecule has 0 heterocycles. The molecule has 2 aliphatic carbocycles. The number of ether oxygens (including phenoxy) is 3. The van der Waals surface area contributed by atoms with Crippen LogP contribution in [0, 0.1) is 5.92 Å². The Hall–Kier alpha value is -1.22. The first-order valence-corrected chi connectivity index (χ1v) is 7.65. The molecule has 2 atom stereocenters. The Kier molecular flexibility index (Phi) is 4.16. The molecule has 0 spiro atoms. The highest BCUT2D eigenvalue weighted by molar-refractivity contribution is 5.45. The van der Waals surface area contributed by atoms with Crippen molar-refractivity contribution in [1.82, 2.24) is 0 Å². The van der Waals surface area contributed by atoms with Gasteiger partial charge >= 0.3 is 0 Å². The zero-order valence-electron chi connectivity index (χ0n) is 12.4. The summed E-state index contributed by atoms with van der Waals surface area (Å²) in [4.78, 5) is 0. The van der Waals surface area contributed by atoms with E-state index in [1.807, 2.05) is 6.07 Å². The van der Waals surface area contributed by atoms with Gasteiger partial charge in [0.2, 0.25) is 0 Å². The van der Waals surface area contributed by atoms with Gasteiger partial charge in [0.05, 0.1) is 13.2 Å². The SMILES string of the molecule is COC[C@@H]1C[C@H]1c1ccc(OC)c(OC2CCCC2)c1. The smallest absolute Gasteiger partial charge is 0.161 e. The summed E-state index contributed by atoms with van der Waals surface area (Å²) in [7, 11) is 3.49. The van der Waals surface area contributed by atoms with Crippen LogP contribution in [0.4, 0.5) is 0 Å². The summed E-state index contributed by atoms with van der Waals surface area (Å²) in [6, 6.07) is 6.39. The Morgan fingerprint density at radius 3 is 2.60 bits per heavy atom. The van der Waals surface area contributed by atoms with Gasteiger partial charge in [0.1, 0.15) is 0 Å². The van der Waals surface area contributed by atoms with Gasteiger partial charge in [-0.3, -0.25) is 0 Å². The maximum absolute atomic E-state index is 6.15. The van der Waals surface area contributed by atoms with Gasteiger partial charge < -0.3 is 14.2 Å². The topological polar surface area (TPSA) is 27.7 Å². The molecular weight excluding hydrogens is 252 g/mol. The van der Waals surface area contributed by atoms with E-state index in [0.717, 1.165) is 18.1 Å². The van der Waals surface area contributed by atoms with Crippen LogP contribution in [-0.2, 0) is 4.74 Å². The standard InChI is InChI=1S/C17H24O3/c1-18-11-13-9-15(13)12-7-8-16(19-2)17(10-12)20-14-5-3-4-6-14/h7-8,10,13-15H,3-6,9,11H2,1-2H3/t13-,15-/m0/s1. The van der Waals surface area contributed by atoms with Gasteiger partial charge in [-0.05, 0) is 61.6 Å². The number of hydrogen-bond acceptors (Lipinski definition) is 3. The average molecular weight is 276 g/mol. The molecule has 0 N–H and O–H groups in total. The fourth-order valence-corrected chi connectivity index (χ4v) is 3.26. The zero-order valence-corrected chi connectivity index (χ0v) is 12.4. The van der Waals surface area contributed by atoms with Crippen LogP contribution >= 0.6 is 0 Å². The van der Waals surface area contributed by atoms with Crippen LogP contribution in [0.3, 0.4) is 0 Å². The molecule has 0 saturated heterocycles. The summed E-state index contributed by atoms with van der Waals surface area (Å²) < 4.78 is 16.8. The van der Waals surface area contributed by atoms with Crippen molar-refractivity contribution in [3.63, 3.8) is 0 Å². The van der Waals surface area contributed by atoms with Gasteiger partial charge in [-0.15, -0.1) is 0 Å². The van der Waals surface area contributed by atoms with E-state index in [4.69, 9.17) is 14.2 Å². The normalized spacial score (nSPS) is 25.7. The molecule has 110 valence electrons. The molecule has 0 unspecified atom stereocenters. The molecular formula is C17H24O3. The third-order valence-corrected chi connectivity index (χ3v) is 4.52. The maximum Gasteiger partial charge on any atom is 0.161 e. The average Bonchev–Trinajstić information content (AvgIpc) is 3.04. The number of rotatable bonds is 6. The van der Waals surface area contributed by atoms with Crippen LogP contribution in [0.15, 0.2) is 18.2 Å². The van der Waals surface area contributed by atoms with E-state index in [0.29, 0.717) is 17.9 Å². The Balaban J connectivity index is 1.73. The summed E-state index contributed by atoms with van der Waals surface area (Å²) in [5, 5.41) is 0. The highest BCUT2D eigenvalue weighted by Gasteiger charge is 2.38. The van der Waals surface area contributed by atoms with Crippen LogP contribution in [0.2, 0.25) is 0 Å².